The standard InChI is InChI=1S/C19H18N2O4/c22-13-16-17(18(23)24)21(12-15-9-5-2-6-10-15)19(25)20(16)11-14-7-3-1-4-8-14/h1-10,13,16-17H,11-12H2,(H,23,24)/t16-,17-/m1/s1. The number of hydrogen-bond acceptors (Lipinski definition) is 3. The molecule has 0 aromatic heterocycles. The van der Waals surface area contributed by atoms with E-state index >= 15 is 0 Å². The van der Waals surface area contributed by atoms with E-state index in [-0.39, 0.29) is 13.1 Å². The van der Waals surface area contributed by atoms with E-state index in [0.717, 1.165) is 11.1 Å². The maximum absolute atomic E-state index is 12.8. The molecule has 2 aromatic rings. The van der Waals surface area contributed by atoms with Crippen LogP contribution in [0, 0.1) is 0 Å². The molecule has 2 amide bonds. The lowest BCUT2D eigenvalue weighted by Gasteiger charge is -2.20. The van der Waals surface area contributed by atoms with Gasteiger partial charge in [-0.3, -0.25) is 0 Å². The van der Waals surface area contributed by atoms with Gasteiger partial charge in [-0.2, -0.15) is 0 Å². The second-order valence-electron chi connectivity index (χ2n) is 5.92. The quantitative estimate of drug-likeness (QED) is 0.819. The lowest BCUT2D eigenvalue weighted by atomic mass is 10.1. The Morgan fingerprint density at radius 3 is 1.84 bits per heavy atom. The summed E-state index contributed by atoms with van der Waals surface area (Å²) in [5.74, 6) is -1.18. The van der Waals surface area contributed by atoms with Gasteiger partial charge in [0.15, 0.2) is 6.04 Å². The molecule has 1 heterocycles. The molecule has 0 unspecified atom stereocenters. The number of amides is 2. The summed E-state index contributed by atoms with van der Waals surface area (Å²) >= 11 is 0. The Bertz CT molecular complexity index is 764. The third-order valence-electron chi connectivity index (χ3n) is 4.29. The van der Waals surface area contributed by atoms with Gasteiger partial charge in [-0.25, -0.2) is 9.59 Å². The van der Waals surface area contributed by atoms with Gasteiger partial charge in [-0.05, 0) is 11.1 Å². The molecule has 0 saturated carbocycles. The molecule has 2 atom stereocenters. The number of aliphatic carboxylic acids is 1. The number of urea groups is 1. The minimum absolute atomic E-state index is 0.145. The van der Waals surface area contributed by atoms with E-state index < -0.39 is 24.1 Å². The monoisotopic (exact) mass is 338 g/mol. The fourth-order valence-electron chi connectivity index (χ4n) is 3.09. The van der Waals surface area contributed by atoms with Gasteiger partial charge < -0.3 is 19.7 Å². The number of carboxylic acids is 1. The van der Waals surface area contributed by atoms with Crippen LogP contribution in [0.4, 0.5) is 4.79 Å². The van der Waals surface area contributed by atoms with Crippen molar-refractivity contribution in [3.8, 4) is 0 Å². The number of benzene rings is 2. The minimum Gasteiger partial charge on any atom is -0.480 e. The lowest BCUT2D eigenvalue weighted by Crippen LogP contribution is -2.44. The second-order valence-corrected chi connectivity index (χ2v) is 5.92. The molecule has 3 rings (SSSR count). The van der Waals surface area contributed by atoms with Crippen molar-refractivity contribution in [3.63, 3.8) is 0 Å². The summed E-state index contributed by atoms with van der Waals surface area (Å²) < 4.78 is 0. The number of carbonyl (C=O) groups excluding carboxylic acids is 2. The van der Waals surface area contributed by atoms with Gasteiger partial charge >= 0.3 is 12.0 Å². The summed E-state index contributed by atoms with van der Waals surface area (Å²) in [5, 5.41) is 9.59. The van der Waals surface area contributed by atoms with Crippen molar-refractivity contribution in [2.75, 3.05) is 0 Å². The minimum atomic E-state index is -1.20. The molecule has 1 aliphatic heterocycles. The Hall–Kier alpha value is -3.15. The molecule has 2 aromatic carbocycles. The number of nitrogens with zero attached hydrogens (tertiary/aromatic N) is 2. The largest absolute Gasteiger partial charge is 0.480 e. The second kappa shape index (κ2) is 7.17. The predicted molar refractivity (Wildman–Crippen MR) is 90.6 cm³/mol. The van der Waals surface area contributed by atoms with Gasteiger partial charge in [0.1, 0.15) is 12.3 Å². The maximum Gasteiger partial charge on any atom is 0.329 e. The van der Waals surface area contributed by atoms with E-state index in [1.165, 1.54) is 9.80 Å². The van der Waals surface area contributed by atoms with Crippen LogP contribution in [0.5, 0.6) is 0 Å². The average Bonchev–Trinajstić information content (AvgIpc) is 2.89. The molecule has 0 bridgehead atoms. The maximum atomic E-state index is 12.8. The van der Waals surface area contributed by atoms with Crippen LogP contribution < -0.4 is 0 Å². The van der Waals surface area contributed by atoms with E-state index in [2.05, 4.69) is 0 Å². The molecule has 1 fully saturated rings. The Morgan fingerprint density at radius 1 is 0.920 bits per heavy atom. The zero-order valence-electron chi connectivity index (χ0n) is 13.5. The first-order chi connectivity index (χ1) is 12.1. The Kier molecular flexibility index (Phi) is 4.79. The molecule has 0 aliphatic carbocycles. The first kappa shape index (κ1) is 16.7. The van der Waals surface area contributed by atoms with Crippen molar-refractivity contribution >= 4 is 18.3 Å². The van der Waals surface area contributed by atoms with Crippen LogP contribution in [0.15, 0.2) is 60.7 Å². The SMILES string of the molecule is O=C[C@@H]1[C@H](C(=O)O)N(Cc2ccccc2)C(=O)N1Cc1ccccc1. The van der Waals surface area contributed by atoms with Crippen LogP contribution in [0.25, 0.3) is 0 Å². The third kappa shape index (κ3) is 3.38. The molecule has 6 nitrogen and oxygen atoms in total. The Labute approximate surface area is 145 Å². The predicted octanol–water partition coefficient (Wildman–Crippen LogP) is 2.15. The van der Waals surface area contributed by atoms with Crippen molar-refractivity contribution in [1.29, 1.82) is 0 Å². The van der Waals surface area contributed by atoms with Crippen LogP contribution in [-0.2, 0) is 22.7 Å². The van der Waals surface area contributed by atoms with Crippen molar-refractivity contribution in [1.82, 2.24) is 9.80 Å². The van der Waals surface area contributed by atoms with Crippen LogP contribution >= 0.6 is 0 Å². The summed E-state index contributed by atoms with van der Waals surface area (Å²) in [6.07, 6.45) is 0.546. The number of hydrogen-bond donors (Lipinski definition) is 1. The smallest absolute Gasteiger partial charge is 0.329 e. The molecular weight excluding hydrogens is 320 g/mol. The molecule has 1 N–H and O–H groups in total. The fraction of sp³-hybridized carbons (Fsp3) is 0.211. The fourth-order valence-corrected chi connectivity index (χ4v) is 3.09. The first-order valence-electron chi connectivity index (χ1n) is 7.95. The summed E-state index contributed by atoms with van der Waals surface area (Å²) in [6.45, 7) is 0.338. The number of carbonyl (C=O) groups is 3. The van der Waals surface area contributed by atoms with Crippen LogP contribution in [0.1, 0.15) is 11.1 Å². The van der Waals surface area contributed by atoms with Crippen LogP contribution in [-0.4, -0.2) is 45.3 Å². The summed E-state index contributed by atoms with van der Waals surface area (Å²) in [4.78, 5) is 38.7. The van der Waals surface area contributed by atoms with Crippen molar-refractivity contribution in [2.24, 2.45) is 0 Å². The van der Waals surface area contributed by atoms with Gasteiger partial charge in [0.05, 0.1) is 0 Å². The number of carboxylic acid groups (broad SMARTS) is 1. The summed E-state index contributed by atoms with van der Waals surface area (Å²) in [5.41, 5.74) is 1.65. The summed E-state index contributed by atoms with van der Waals surface area (Å²) in [7, 11) is 0. The van der Waals surface area contributed by atoms with Crippen molar-refractivity contribution < 1.29 is 19.5 Å². The van der Waals surface area contributed by atoms with E-state index in [4.69, 9.17) is 0 Å². The molecule has 25 heavy (non-hydrogen) atoms. The molecule has 0 radical (unpaired) electrons. The Balaban J connectivity index is 1.90. The molecular formula is C19H18N2O4. The lowest BCUT2D eigenvalue weighted by molar-refractivity contribution is -0.143. The van der Waals surface area contributed by atoms with Gasteiger partial charge in [0.25, 0.3) is 0 Å². The van der Waals surface area contributed by atoms with Crippen molar-refractivity contribution in [3.05, 3.63) is 71.8 Å². The zero-order chi connectivity index (χ0) is 17.8. The molecule has 6 heteroatoms. The van der Waals surface area contributed by atoms with Crippen LogP contribution in [0.3, 0.4) is 0 Å². The normalized spacial score (nSPS) is 19.9. The van der Waals surface area contributed by atoms with Gasteiger partial charge in [0, 0.05) is 13.1 Å². The number of aldehydes is 1. The van der Waals surface area contributed by atoms with Gasteiger partial charge in [-0.15, -0.1) is 0 Å². The van der Waals surface area contributed by atoms with E-state index in [9.17, 15) is 19.5 Å². The van der Waals surface area contributed by atoms with Crippen molar-refractivity contribution in [2.45, 2.75) is 25.2 Å². The molecule has 1 aliphatic rings. The topological polar surface area (TPSA) is 77.9 Å². The zero-order valence-corrected chi connectivity index (χ0v) is 13.5. The highest BCUT2D eigenvalue weighted by molar-refractivity contribution is 5.92. The van der Waals surface area contributed by atoms with E-state index in [0.29, 0.717) is 6.29 Å². The third-order valence-corrected chi connectivity index (χ3v) is 4.29. The highest BCUT2D eigenvalue weighted by Crippen LogP contribution is 2.26. The van der Waals surface area contributed by atoms with E-state index in [1.807, 2.05) is 60.7 Å². The summed E-state index contributed by atoms with van der Waals surface area (Å²) in [6, 6.07) is 15.7. The molecule has 0 spiro atoms. The average molecular weight is 338 g/mol. The highest BCUT2D eigenvalue weighted by Gasteiger charge is 2.49. The van der Waals surface area contributed by atoms with Gasteiger partial charge in [0.2, 0.25) is 0 Å². The highest BCUT2D eigenvalue weighted by atomic mass is 16.4. The molecule has 128 valence electrons. The number of rotatable bonds is 6. The van der Waals surface area contributed by atoms with Crippen LogP contribution in [0.2, 0.25) is 0 Å². The van der Waals surface area contributed by atoms with E-state index in [1.54, 1.807) is 0 Å². The molecule has 1 saturated heterocycles. The van der Waals surface area contributed by atoms with Gasteiger partial charge in [-0.1, -0.05) is 60.7 Å². The Morgan fingerprint density at radius 2 is 1.40 bits per heavy atom. The first-order valence-corrected chi connectivity index (χ1v) is 7.95.